The number of carbonyl (C=O) groups is 2. The van der Waals surface area contributed by atoms with Crippen molar-refractivity contribution in [2.45, 2.75) is 12.5 Å². The lowest BCUT2D eigenvalue weighted by Gasteiger charge is -2.10. The van der Waals surface area contributed by atoms with E-state index in [4.69, 9.17) is 5.73 Å². The maximum absolute atomic E-state index is 11.3. The third kappa shape index (κ3) is 3.78. The number of rotatable bonds is 3. The van der Waals surface area contributed by atoms with E-state index in [1.54, 1.807) is 0 Å². The van der Waals surface area contributed by atoms with Gasteiger partial charge in [-0.3, -0.25) is 9.59 Å². The molecule has 1 heterocycles. The second-order valence-electron chi connectivity index (χ2n) is 3.62. The minimum absolute atomic E-state index is 0.0579. The number of hydrogen-bond acceptors (Lipinski definition) is 5. The normalized spacial score (nSPS) is 22.7. The van der Waals surface area contributed by atoms with E-state index < -0.39 is 27.7 Å². The van der Waals surface area contributed by atoms with Gasteiger partial charge in [0.25, 0.3) is 0 Å². The van der Waals surface area contributed by atoms with Crippen molar-refractivity contribution in [2.75, 3.05) is 24.6 Å². The van der Waals surface area contributed by atoms with Crippen LogP contribution in [0.25, 0.3) is 0 Å². The zero-order chi connectivity index (χ0) is 12.2. The Kier molecular flexibility index (Phi) is 4.25. The van der Waals surface area contributed by atoms with Crippen molar-refractivity contribution >= 4 is 21.7 Å². The molecule has 0 radical (unpaired) electrons. The third-order valence-electron chi connectivity index (χ3n) is 2.20. The molecule has 1 aliphatic rings. The highest BCUT2D eigenvalue weighted by Crippen LogP contribution is 2.10. The maximum atomic E-state index is 11.3. The van der Waals surface area contributed by atoms with Crippen LogP contribution in [0.5, 0.6) is 0 Å². The third-order valence-corrected chi connectivity index (χ3v) is 3.97. The average Bonchev–Trinajstić information content (AvgIpc) is 2.54. The van der Waals surface area contributed by atoms with Crippen LogP contribution in [0.2, 0.25) is 0 Å². The SMILES string of the molecule is NCCNC(=O)C(=O)NC1CCS(=O)(=O)C1. The molecule has 8 heteroatoms. The molecule has 1 unspecified atom stereocenters. The van der Waals surface area contributed by atoms with E-state index in [-0.39, 0.29) is 24.6 Å². The van der Waals surface area contributed by atoms with Crippen LogP contribution in [0.15, 0.2) is 0 Å². The molecule has 0 aromatic carbocycles. The predicted octanol–water partition coefficient (Wildman–Crippen LogP) is -2.64. The second kappa shape index (κ2) is 5.26. The van der Waals surface area contributed by atoms with Crippen LogP contribution in [0.4, 0.5) is 0 Å². The minimum atomic E-state index is -3.05. The molecule has 1 rings (SSSR count). The van der Waals surface area contributed by atoms with Crippen LogP contribution < -0.4 is 16.4 Å². The second-order valence-corrected chi connectivity index (χ2v) is 5.85. The van der Waals surface area contributed by atoms with Crippen molar-refractivity contribution in [1.29, 1.82) is 0 Å². The average molecular weight is 249 g/mol. The van der Waals surface area contributed by atoms with E-state index in [2.05, 4.69) is 10.6 Å². The molecule has 16 heavy (non-hydrogen) atoms. The van der Waals surface area contributed by atoms with Crippen LogP contribution in [0.1, 0.15) is 6.42 Å². The van der Waals surface area contributed by atoms with Crippen LogP contribution in [-0.2, 0) is 19.4 Å². The highest BCUT2D eigenvalue weighted by atomic mass is 32.2. The quantitative estimate of drug-likeness (QED) is 0.473. The van der Waals surface area contributed by atoms with Crippen LogP contribution in [0, 0.1) is 0 Å². The molecule has 0 aromatic heterocycles. The monoisotopic (exact) mass is 249 g/mol. The van der Waals surface area contributed by atoms with Gasteiger partial charge in [0.05, 0.1) is 11.5 Å². The topological polar surface area (TPSA) is 118 Å². The van der Waals surface area contributed by atoms with Gasteiger partial charge in [0.15, 0.2) is 9.84 Å². The molecule has 0 spiro atoms. The van der Waals surface area contributed by atoms with Crippen molar-refractivity contribution in [3.8, 4) is 0 Å². The lowest BCUT2D eigenvalue weighted by molar-refractivity contribution is -0.139. The van der Waals surface area contributed by atoms with Gasteiger partial charge < -0.3 is 16.4 Å². The van der Waals surface area contributed by atoms with Crippen LogP contribution in [-0.4, -0.2) is 50.9 Å². The summed E-state index contributed by atoms with van der Waals surface area (Å²) in [4.78, 5) is 22.4. The largest absolute Gasteiger partial charge is 0.347 e. The molecule has 4 N–H and O–H groups in total. The number of hydrogen-bond donors (Lipinski definition) is 3. The van der Waals surface area contributed by atoms with Gasteiger partial charge in [-0.05, 0) is 6.42 Å². The van der Waals surface area contributed by atoms with Crippen LogP contribution >= 0.6 is 0 Å². The molecule has 0 bridgehead atoms. The van der Waals surface area contributed by atoms with E-state index in [0.717, 1.165) is 0 Å². The van der Waals surface area contributed by atoms with E-state index in [0.29, 0.717) is 6.42 Å². The van der Waals surface area contributed by atoms with Gasteiger partial charge in [-0.1, -0.05) is 0 Å². The maximum Gasteiger partial charge on any atom is 0.309 e. The lowest BCUT2D eigenvalue weighted by atomic mass is 10.2. The molecular formula is C8H15N3O4S. The molecule has 7 nitrogen and oxygen atoms in total. The van der Waals surface area contributed by atoms with Crippen LogP contribution in [0.3, 0.4) is 0 Å². The summed E-state index contributed by atoms with van der Waals surface area (Å²) >= 11 is 0. The molecule has 2 amide bonds. The number of carbonyl (C=O) groups excluding carboxylic acids is 2. The Balaban J connectivity index is 2.38. The van der Waals surface area contributed by atoms with Crippen molar-refractivity contribution in [3.63, 3.8) is 0 Å². The fourth-order valence-corrected chi connectivity index (χ4v) is 3.10. The van der Waals surface area contributed by atoms with Gasteiger partial charge in [0, 0.05) is 19.1 Å². The fraction of sp³-hybridized carbons (Fsp3) is 0.750. The predicted molar refractivity (Wildman–Crippen MR) is 57.3 cm³/mol. The fourth-order valence-electron chi connectivity index (χ4n) is 1.43. The summed E-state index contributed by atoms with van der Waals surface area (Å²) < 4.78 is 22.2. The Morgan fingerprint density at radius 2 is 2.00 bits per heavy atom. The number of nitrogens with one attached hydrogen (secondary N) is 2. The summed E-state index contributed by atoms with van der Waals surface area (Å²) in [5.74, 6) is -1.63. The molecule has 0 aliphatic carbocycles. The zero-order valence-corrected chi connectivity index (χ0v) is 9.55. The first kappa shape index (κ1) is 12.9. The Bertz CT molecular complexity index is 379. The Hall–Kier alpha value is -1.15. The minimum Gasteiger partial charge on any atom is -0.347 e. The number of nitrogens with two attached hydrogens (primary N) is 1. The van der Waals surface area contributed by atoms with Gasteiger partial charge in [-0.2, -0.15) is 0 Å². The molecule has 92 valence electrons. The molecule has 0 aromatic rings. The summed E-state index contributed by atoms with van der Waals surface area (Å²) in [6.45, 7) is 0.464. The molecule has 1 saturated heterocycles. The molecule has 1 aliphatic heterocycles. The summed E-state index contributed by atoms with van der Waals surface area (Å²) in [5.41, 5.74) is 5.15. The van der Waals surface area contributed by atoms with E-state index in [1.807, 2.05) is 0 Å². The Morgan fingerprint density at radius 3 is 2.50 bits per heavy atom. The van der Waals surface area contributed by atoms with E-state index in [9.17, 15) is 18.0 Å². The van der Waals surface area contributed by atoms with Crippen molar-refractivity contribution in [2.24, 2.45) is 5.73 Å². The number of sulfone groups is 1. The molecule has 1 atom stereocenters. The summed E-state index contributed by atoms with van der Waals surface area (Å²) in [6.07, 6.45) is 0.359. The highest BCUT2D eigenvalue weighted by Gasteiger charge is 2.30. The van der Waals surface area contributed by atoms with Crippen molar-refractivity contribution < 1.29 is 18.0 Å². The van der Waals surface area contributed by atoms with Crippen molar-refractivity contribution in [3.05, 3.63) is 0 Å². The molecule has 0 saturated carbocycles. The van der Waals surface area contributed by atoms with E-state index in [1.165, 1.54) is 0 Å². The molecular weight excluding hydrogens is 234 g/mol. The zero-order valence-electron chi connectivity index (χ0n) is 8.73. The number of amides is 2. The van der Waals surface area contributed by atoms with E-state index >= 15 is 0 Å². The molecule has 1 fully saturated rings. The summed E-state index contributed by atoms with van der Waals surface area (Å²) in [7, 11) is -3.05. The van der Waals surface area contributed by atoms with Gasteiger partial charge in [0.2, 0.25) is 0 Å². The first-order valence-electron chi connectivity index (χ1n) is 4.94. The first-order chi connectivity index (χ1) is 7.44. The smallest absolute Gasteiger partial charge is 0.309 e. The van der Waals surface area contributed by atoms with Gasteiger partial charge in [-0.25, -0.2) is 8.42 Å². The Morgan fingerprint density at radius 1 is 1.31 bits per heavy atom. The Labute approximate surface area is 93.7 Å². The summed E-state index contributed by atoms with van der Waals surface area (Å²) in [5, 5.41) is 4.67. The highest BCUT2D eigenvalue weighted by molar-refractivity contribution is 7.91. The first-order valence-corrected chi connectivity index (χ1v) is 6.76. The van der Waals surface area contributed by atoms with Crippen molar-refractivity contribution in [1.82, 2.24) is 10.6 Å². The van der Waals surface area contributed by atoms with Gasteiger partial charge >= 0.3 is 11.8 Å². The van der Waals surface area contributed by atoms with Gasteiger partial charge in [0.1, 0.15) is 0 Å². The van der Waals surface area contributed by atoms with Gasteiger partial charge in [-0.15, -0.1) is 0 Å². The summed E-state index contributed by atoms with van der Waals surface area (Å²) in [6, 6.07) is -0.457. The standard InChI is InChI=1S/C8H15N3O4S/c9-2-3-10-7(12)8(13)11-6-1-4-16(14,15)5-6/h6H,1-5,9H2,(H,10,12)(H,11,13). The lowest BCUT2D eigenvalue weighted by Crippen LogP contribution is -2.46.